The van der Waals surface area contributed by atoms with Crippen LogP contribution in [0.2, 0.25) is 0 Å². The van der Waals surface area contributed by atoms with Gasteiger partial charge in [-0.3, -0.25) is 58.3 Å². The van der Waals surface area contributed by atoms with Crippen molar-refractivity contribution >= 4 is 101 Å². The quantitative estimate of drug-likeness (QED) is 0.0136. The van der Waals surface area contributed by atoms with Crippen molar-refractivity contribution in [2.24, 2.45) is 5.73 Å². The Labute approximate surface area is 406 Å². The van der Waals surface area contributed by atoms with Crippen LogP contribution in [0.5, 0.6) is 0 Å². The SMILES string of the molecule is C[C@H](CCC(=O)N[C@@H](CC(=O)O)C(=O)N[C@@H](CCCNC(=N)N)C(=O)N[C@@H](CC(=O)O)C(=O)N[C@H](CC(=O)O)C(=O)N[C@H](CS)C(=O)O)NC(=O)c1ccc(NCc2cnc3nc(N)[nH]c(=O)c3n2)cc1. The highest BCUT2D eigenvalue weighted by molar-refractivity contribution is 7.80. The molecule has 6 amide bonds. The molecule has 6 atom stereocenters. The molecule has 2 heterocycles. The van der Waals surface area contributed by atoms with Crippen molar-refractivity contribution in [3.05, 3.63) is 52.1 Å². The minimum Gasteiger partial charge on any atom is -0.481 e. The molecule has 2 aromatic heterocycles. The first-order valence-corrected chi connectivity index (χ1v) is 21.8. The van der Waals surface area contributed by atoms with Gasteiger partial charge in [0.25, 0.3) is 11.5 Å². The molecule has 3 aromatic rings. The number of H-pyrrole nitrogens is 1. The average Bonchev–Trinajstić information content (AvgIpc) is 3.29. The molecule has 0 aliphatic heterocycles. The number of thiol groups is 1. The maximum Gasteiger partial charge on any atom is 0.327 e. The summed E-state index contributed by atoms with van der Waals surface area (Å²) in [6.07, 6.45) is -2.54. The second kappa shape index (κ2) is 27.4. The molecule has 0 unspecified atom stereocenters. The third-order valence-corrected chi connectivity index (χ3v) is 10.1. The summed E-state index contributed by atoms with van der Waals surface area (Å²) in [6.45, 7) is 1.70. The van der Waals surface area contributed by atoms with Crippen molar-refractivity contribution in [3.8, 4) is 0 Å². The van der Waals surface area contributed by atoms with Gasteiger partial charge in [0.15, 0.2) is 17.1 Å². The summed E-state index contributed by atoms with van der Waals surface area (Å²) in [5.41, 5.74) is 11.6. The number of carboxylic acid groups (broad SMARTS) is 4. The van der Waals surface area contributed by atoms with E-state index in [-0.39, 0.29) is 61.4 Å². The molecule has 18 N–H and O–H groups in total. The molecule has 71 heavy (non-hydrogen) atoms. The summed E-state index contributed by atoms with van der Waals surface area (Å²) in [5.74, 6) is -13.9. The number of carbonyl (C=O) groups is 10. The number of aliphatic carboxylic acids is 4. The molecule has 0 saturated heterocycles. The van der Waals surface area contributed by atoms with E-state index in [0.29, 0.717) is 11.4 Å². The Hall–Kier alpha value is -8.64. The third kappa shape index (κ3) is 19.5. The van der Waals surface area contributed by atoms with Gasteiger partial charge in [0.1, 0.15) is 30.2 Å². The van der Waals surface area contributed by atoms with Gasteiger partial charge in [-0.2, -0.15) is 17.6 Å². The van der Waals surface area contributed by atoms with Crippen LogP contribution in [0, 0.1) is 5.41 Å². The lowest BCUT2D eigenvalue weighted by Gasteiger charge is -2.26. The number of rotatable bonds is 29. The molecule has 30 nitrogen and oxygen atoms in total. The number of fused-ring (bicyclic) bond motifs is 1. The van der Waals surface area contributed by atoms with Crippen molar-refractivity contribution in [3.63, 3.8) is 0 Å². The second-order valence-corrected chi connectivity index (χ2v) is 15.9. The van der Waals surface area contributed by atoms with Gasteiger partial charge < -0.3 is 74.4 Å². The number of nitrogens with two attached hydrogens (primary N) is 2. The molecule has 0 aliphatic carbocycles. The molecular weight excluding hydrogens is 963 g/mol. The van der Waals surface area contributed by atoms with E-state index in [1.54, 1.807) is 19.1 Å². The maximum absolute atomic E-state index is 13.7. The molecule has 0 aliphatic rings. The van der Waals surface area contributed by atoms with Crippen LogP contribution in [0.4, 0.5) is 11.6 Å². The molecule has 31 heteroatoms. The van der Waals surface area contributed by atoms with E-state index >= 15 is 0 Å². The number of aromatic amines is 1. The number of hydrogen-bond acceptors (Lipinski definition) is 18. The van der Waals surface area contributed by atoms with Gasteiger partial charge in [-0.1, -0.05) is 0 Å². The van der Waals surface area contributed by atoms with Gasteiger partial charge in [-0.05, 0) is 50.5 Å². The minimum atomic E-state index is -2.05. The standard InChI is InChI=1S/C40H53N15O15S/c1-17(47-32(63)18-5-7-19(8-6-18)45-14-20-15-46-31-30(48-20)37(68)55-40(43)54-31)4-9-26(56)49-22(11-27(57)58)34(65)50-21(3-2-10-44-39(41)42)33(64)51-23(12-28(59)60)35(66)52-24(13-29(61)62)36(67)53-25(16-71)38(69)70/h5-8,15,17,21-25,45,71H,2-4,9-14,16H2,1H3,(H,47,63)(H,49,56)(H,50,65)(H,51,64)(H,52,66)(H,53,67)(H,57,58)(H,59,60)(H,61,62)(H,69,70)(H4,41,42,44)(H3,43,46,54,55,68)/t17-,21+,22+,23+,24-,25-/m1/s1. The Morgan fingerprint density at radius 3 is 1.77 bits per heavy atom. The van der Waals surface area contributed by atoms with E-state index < -0.39 is 132 Å². The fourth-order valence-electron chi connectivity index (χ4n) is 6.21. The number of aromatic nitrogens is 4. The van der Waals surface area contributed by atoms with Crippen LogP contribution in [0.3, 0.4) is 0 Å². The fraction of sp³-hybridized carbons (Fsp3) is 0.425. The van der Waals surface area contributed by atoms with E-state index in [9.17, 15) is 73.2 Å². The molecular formula is C40H53N15O15S. The first-order valence-electron chi connectivity index (χ1n) is 21.2. The Morgan fingerprint density at radius 1 is 0.732 bits per heavy atom. The van der Waals surface area contributed by atoms with Gasteiger partial charge in [-0.25, -0.2) is 14.8 Å². The van der Waals surface area contributed by atoms with Crippen LogP contribution in [-0.4, -0.2) is 154 Å². The van der Waals surface area contributed by atoms with Crippen LogP contribution in [0.15, 0.2) is 35.3 Å². The normalized spacial score (nSPS) is 13.3. The Bertz CT molecular complexity index is 2550. The van der Waals surface area contributed by atoms with Crippen molar-refractivity contribution in [1.82, 2.24) is 57.2 Å². The van der Waals surface area contributed by atoms with E-state index in [0.717, 1.165) is 0 Å². The van der Waals surface area contributed by atoms with Crippen LogP contribution in [0.25, 0.3) is 11.2 Å². The third-order valence-electron chi connectivity index (χ3n) is 9.76. The molecule has 384 valence electrons. The Balaban J connectivity index is 1.65. The molecule has 0 radical (unpaired) electrons. The van der Waals surface area contributed by atoms with Crippen molar-refractivity contribution < 1.29 is 68.4 Å². The lowest BCUT2D eigenvalue weighted by atomic mass is 10.1. The van der Waals surface area contributed by atoms with Crippen molar-refractivity contribution in [2.45, 2.75) is 94.7 Å². The zero-order valence-electron chi connectivity index (χ0n) is 37.6. The second-order valence-electron chi connectivity index (χ2n) is 15.5. The summed E-state index contributed by atoms with van der Waals surface area (Å²) >= 11 is 3.80. The number of guanidine groups is 1. The van der Waals surface area contributed by atoms with Gasteiger partial charge in [0, 0.05) is 36.0 Å². The Kier molecular flexibility index (Phi) is 21.9. The van der Waals surface area contributed by atoms with Crippen molar-refractivity contribution in [1.29, 1.82) is 5.41 Å². The number of nitrogens with one attached hydrogen (secondary N) is 10. The molecule has 1 aromatic carbocycles. The largest absolute Gasteiger partial charge is 0.481 e. The highest BCUT2D eigenvalue weighted by atomic mass is 32.1. The van der Waals surface area contributed by atoms with Gasteiger partial charge in [0.05, 0.1) is 37.7 Å². The molecule has 0 saturated carbocycles. The predicted octanol–water partition coefficient (Wildman–Crippen LogP) is -4.07. The molecule has 0 bridgehead atoms. The summed E-state index contributed by atoms with van der Waals surface area (Å²) in [7, 11) is 0. The van der Waals surface area contributed by atoms with Gasteiger partial charge in [0.2, 0.25) is 35.5 Å². The summed E-state index contributed by atoms with van der Waals surface area (Å²) < 4.78 is 0. The van der Waals surface area contributed by atoms with Crippen LogP contribution >= 0.6 is 12.6 Å². The number of hydrogen-bond donors (Lipinski definition) is 17. The molecule has 3 rings (SSSR count). The smallest absolute Gasteiger partial charge is 0.327 e. The Morgan fingerprint density at radius 2 is 1.25 bits per heavy atom. The van der Waals surface area contributed by atoms with E-state index in [2.05, 4.69) is 64.5 Å². The van der Waals surface area contributed by atoms with Crippen LogP contribution in [0.1, 0.15) is 67.9 Å². The molecule has 0 fully saturated rings. The lowest BCUT2D eigenvalue weighted by molar-refractivity contribution is -0.144. The highest BCUT2D eigenvalue weighted by Crippen LogP contribution is 2.13. The van der Waals surface area contributed by atoms with Crippen LogP contribution < -0.4 is 59.6 Å². The zero-order chi connectivity index (χ0) is 52.9. The molecule has 0 spiro atoms. The highest BCUT2D eigenvalue weighted by Gasteiger charge is 2.34. The number of benzene rings is 1. The summed E-state index contributed by atoms with van der Waals surface area (Å²) in [5, 5.41) is 63.9. The minimum absolute atomic E-state index is 0.00187. The van der Waals surface area contributed by atoms with Crippen molar-refractivity contribution in [2.75, 3.05) is 23.3 Å². The van der Waals surface area contributed by atoms with Crippen LogP contribution in [-0.2, 0) is 49.7 Å². The number of carbonyl (C=O) groups excluding carboxylic acids is 6. The van der Waals surface area contributed by atoms with E-state index in [1.165, 1.54) is 18.3 Å². The summed E-state index contributed by atoms with van der Waals surface area (Å²) in [6, 6.07) is -3.52. The van der Waals surface area contributed by atoms with E-state index in [1.807, 2.05) is 10.6 Å². The number of nitrogen functional groups attached to an aromatic ring is 1. The van der Waals surface area contributed by atoms with Gasteiger partial charge >= 0.3 is 23.9 Å². The topological polar surface area (TPSA) is 495 Å². The lowest BCUT2D eigenvalue weighted by Crippen LogP contribution is -2.59. The number of amides is 6. The first-order chi connectivity index (χ1) is 33.4. The maximum atomic E-state index is 13.7. The number of nitrogens with zero attached hydrogens (tertiary/aromatic N) is 3. The number of anilines is 2. The number of carboxylic acids is 4. The van der Waals surface area contributed by atoms with Gasteiger partial charge in [-0.15, -0.1) is 0 Å². The average molecular weight is 1020 g/mol. The first kappa shape index (κ1) is 56.7. The van der Waals surface area contributed by atoms with E-state index in [4.69, 9.17) is 16.9 Å². The monoisotopic (exact) mass is 1020 g/mol. The summed E-state index contributed by atoms with van der Waals surface area (Å²) in [4.78, 5) is 153. The zero-order valence-corrected chi connectivity index (χ0v) is 38.5. The fourth-order valence-corrected chi connectivity index (χ4v) is 6.45. The predicted molar refractivity (Wildman–Crippen MR) is 249 cm³/mol.